The zero-order valence-electron chi connectivity index (χ0n) is 21.0. The molecule has 0 bridgehead atoms. The van der Waals surface area contributed by atoms with Crippen molar-refractivity contribution in [1.82, 2.24) is 20.1 Å². The highest BCUT2D eigenvalue weighted by molar-refractivity contribution is 5.92. The van der Waals surface area contributed by atoms with Gasteiger partial charge >= 0.3 is 6.36 Å². The minimum Gasteiger partial charge on any atom is -0.406 e. The molecule has 3 heterocycles. The Hall–Kier alpha value is -3.14. The molecule has 2 fully saturated rings. The van der Waals surface area contributed by atoms with Gasteiger partial charge in [-0.05, 0) is 68.4 Å². The van der Waals surface area contributed by atoms with Crippen LogP contribution in [-0.4, -0.2) is 71.2 Å². The Balaban J connectivity index is 1.15. The van der Waals surface area contributed by atoms with Crippen LogP contribution in [0.5, 0.6) is 5.75 Å². The van der Waals surface area contributed by atoms with Crippen LogP contribution >= 0.6 is 0 Å². The second-order valence-corrected chi connectivity index (χ2v) is 9.81. The van der Waals surface area contributed by atoms with E-state index in [1.807, 2.05) is 17.9 Å². The van der Waals surface area contributed by atoms with Crippen LogP contribution < -0.4 is 10.1 Å². The van der Waals surface area contributed by atoms with E-state index in [0.717, 1.165) is 49.9 Å². The van der Waals surface area contributed by atoms with Crippen LogP contribution in [-0.2, 0) is 11.2 Å². The number of carbonyl (C=O) groups excluding carboxylic acids is 2. The van der Waals surface area contributed by atoms with Gasteiger partial charge in [0, 0.05) is 50.9 Å². The van der Waals surface area contributed by atoms with Gasteiger partial charge in [-0.25, -0.2) is 0 Å². The normalized spacial score (nSPS) is 18.0. The lowest BCUT2D eigenvalue weighted by Crippen LogP contribution is -2.51. The van der Waals surface area contributed by atoms with Crippen LogP contribution in [0.3, 0.4) is 0 Å². The number of carbonyl (C=O) groups is 2. The number of nitrogens with zero attached hydrogens (tertiary/aromatic N) is 3. The number of nitrogens with one attached hydrogen (secondary N) is 1. The van der Waals surface area contributed by atoms with Crippen molar-refractivity contribution in [2.24, 2.45) is 0 Å². The molecular formula is C27H33F3N4O3. The van der Waals surface area contributed by atoms with E-state index in [1.165, 1.54) is 12.1 Å². The molecule has 37 heavy (non-hydrogen) atoms. The minimum absolute atomic E-state index is 0.0696. The van der Waals surface area contributed by atoms with Gasteiger partial charge in [0.1, 0.15) is 11.4 Å². The molecule has 2 saturated heterocycles. The Morgan fingerprint density at radius 3 is 2.27 bits per heavy atom. The van der Waals surface area contributed by atoms with E-state index in [2.05, 4.69) is 19.9 Å². The molecule has 0 atom stereocenters. The number of hydrogen-bond acceptors (Lipinski definition) is 5. The van der Waals surface area contributed by atoms with E-state index in [1.54, 1.807) is 24.4 Å². The van der Waals surface area contributed by atoms with Crippen LogP contribution in [0.25, 0.3) is 0 Å². The molecule has 0 spiro atoms. The predicted octanol–water partition coefficient (Wildman–Crippen LogP) is 4.11. The molecule has 1 aromatic heterocycles. The van der Waals surface area contributed by atoms with Crippen molar-refractivity contribution in [3.8, 4) is 5.75 Å². The highest BCUT2D eigenvalue weighted by Gasteiger charge is 2.31. The van der Waals surface area contributed by atoms with Crippen LogP contribution in [0.2, 0.25) is 0 Å². The molecule has 4 rings (SSSR count). The van der Waals surface area contributed by atoms with Gasteiger partial charge in [-0.15, -0.1) is 13.2 Å². The fourth-order valence-corrected chi connectivity index (χ4v) is 5.02. The summed E-state index contributed by atoms with van der Waals surface area (Å²) >= 11 is 0. The topological polar surface area (TPSA) is 74.8 Å². The van der Waals surface area contributed by atoms with Gasteiger partial charge in [0.05, 0.1) is 0 Å². The monoisotopic (exact) mass is 518 g/mol. The first-order valence-electron chi connectivity index (χ1n) is 12.8. The summed E-state index contributed by atoms with van der Waals surface area (Å²) in [6.07, 6.45) is 1.40. The molecule has 10 heteroatoms. The van der Waals surface area contributed by atoms with E-state index in [-0.39, 0.29) is 23.6 Å². The molecule has 2 aliphatic rings. The Bertz CT molecular complexity index is 1040. The molecule has 0 aliphatic carbocycles. The Labute approximate surface area is 215 Å². The number of likely N-dealkylation sites (tertiary alicyclic amines) is 2. The summed E-state index contributed by atoms with van der Waals surface area (Å²) in [4.78, 5) is 33.7. The zero-order chi connectivity index (χ0) is 26.4. The summed E-state index contributed by atoms with van der Waals surface area (Å²) in [6, 6.07) is 9.87. The van der Waals surface area contributed by atoms with Gasteiger partial charge in [-0.2, -0.15) is 0 Å². The summed E-state index contributed by atoms with van der Waals surface area (Å²) in [5, 5.41) is 3.10. The SMILES string of the molecule is Cc1ccc(C(=O)NC2CCN(C3CCN(C(=O)CCc4ccc(OC(F)(F)F)cc4)CC3)CC2)nc1. The number of amides is 2. The van der Waals surface area contributed by atoms with Crippen molar-refractivity contribution < 1.29 is 27.5 Å². The van der Waals surface area contributed by atoms with Gasteiger partial charge in [0.25, 0.3) is 5.91 Å². The number of aromatic nitrogens is 1. The van der Waals surface area contributed by atoms with Crippen molar-refractivity contribution in [1.29, 1.82) is 0 Å². The largest absolute Gasteiger partial charge is 0.573 e. The van der Waals surface area contributed by atoms with Crippen LogP contribution in [0, 0.1) is 6.92 Å². The summed E-state index contributed by atoms with van der Waals surface area (Å²) in [5.74, 6) is -0.324. The lowest BCUT2D eigenvalue weighted by atomic mass is 9.97. The molecule has 200 valence electrons. The molecule has 2 aromatic rings. The smallest absolute Gasteiger partial charge is 0.406 e. The second-order valence-electron chi connectivity index (χ2n) is 9.81. The van der Waals surface area contributed by atoms with Gasteiger partial charge in [-0.3, -0.25) is 14.6 Å². The molecular weight excluding hydrogens is 485 g/mol. The first-order valence-corrected chi connectivity index (χ1v) is 12.8. The quantitative estimate of drug-likeness (QED) is 0.597. The Kier molecular flexibility index (Phi) is 8.68. The van der Waals surface area contributed by atoms with E-state index in [0.29, 0.717) is 37.7 Å². The third kappa shape index (κ3) is 7.92. The Morgan fingerprint density at radius 2 is 1.68 bits per heavy atom. The number of ether oxygens (including phenoxy) is 1. The van der Waals surface area contributed by atoms with Crippen molar-refractivity contribution in [2.75, 3.05) is 26.2 Å². The highest BCUT2D eigenvalue weighted by atomic mass is 19.4. The van der Waals surface area contributed by atoms with Gasteiger partial charge in [-0.1, -0.05) is 18.2 Å². The van der Waals surface area contributed by atoms with Crippen LogP contribution in [0.15, 0.2) is 42.6 Å². The van der Waals surface area contributed by atoms with Gasteiger partial charge in [0.15, 0.2) is 0 Å². The molecule has 1 aromatic carbocycles. The van der Waals surface area contributed by atoms with E-state index >= 15 is 0 Å². The number of pyridine rings is 1. The molecule has 0 radical (unpaired) electrons. The lowest BCUT2D eigenvalue weighted by Gasteiger charge is -2.42. The molecule has 0 unspecified atom stereocenters. The average molecular weight is 519 g/mol. The van der Waals surface area contributed by atoms with Gasteiger partial charge < -0.3 is 19.9 Å². The van der Waals surface area contributed by atoms with E-state index < -0.39 is 6.36 Å². The minimum atomic E-state index is -4.71. The maximum absolute atomic E-state index is 12.7. The first-order chi connectivity index (χ1) is 17.7. The van der Waals surface area contributed by atoms with Crippen molar-refractivity contribution >= 4 is 11.8 Å². The summed E-state index contributed by atoms with van der Waals surface area (Å²) in [7, 11) is 0. The zero-order valence-corrected chi connectivity index (χ0v) is 21.0. The third-order valence-corrected chi connectivity index (χ3v) is 7.13. The molecule has 0 saturated carbocycles. The van der Waals surface area contributed by atoms with Crippen LogP contribution in [0.4, 0.5) is 13.2 Å². The Morgan fingerprint density at radius 1 is 1.00 bits per heavy atom. The number of hydrogen-bond donors (Lipinski definition) is 1. The molecule has 7 nitrogen and oxygen atoms in total. The highest BCUT2D eigenvalue weighted by Crippen LogP contribution is 2.24. The summed E-state index contributed by atoms with van der Waals surface area (Å²) in [5.41, 5.74) is 2.26. The maximum Gasteiger partial charge on any atom is 0.573 e. The average Bonchev–Trinajstić information content (AvgIpc) is 2.88. The van der Waals surface area contributed by atoms with E-state index in [4.69, 9.17) is 0 Å². The number of halogens is 3. The number of benzene rings is 1. The van der Waals surface area contributed by atoms with Crippen molar-refractivity contribution in [3.05, 3.63) is 59.4 Å². The van der Waals surface area contributed by atoms with Crippen molar-refractivity contribution in [3.63, 3.8) is 0 Å². The summed E-state index contributed by atoms with van der Waals surface area (Å²) < 4.78 is 40.7. The van der Waals surface area contributed by atoms with Crippen molar-refractivity contribution in [2.45, 2.75) is 63.9 Å². The number of aryl methyl sites for hydroxylation is 2. The predicted molar refractivity (Wildman–Crippen MR) is 132 cm³/mol. The number of piperidine rings is 2. The fraction of sp³-hybridized carbons (Fsp3) is 0.519. The number of alkyl halides is 3. The fourth-order valence-electron chi connectivity index (χ4n) is 5.02. The van der Waals surface area contributed by atoms with Gasteiger partial charge in [0.2, 0.25) is 5.91 Å². The second kappa shape index (κ2) is 11.9. The standard InChI is InChI=1S/C27H33F3N4O3/c1-19-2-8-24(31-18-19)26(36)32-21-10-14-33(15-11-21)22-12-16-34(17-13-22)25(35)9-5-20-3-6-23(7-4-20)37-27(28,29)30/h2-4,6-8,18,21-22H,5,9-17H2,1H3,(H,32,36). The third-order valence-electron chi connectivity index (χ3n) is 7.13. The summed E-state index contributed by atoms with van der Waals surface area (Å²) in [6.45, 7) is 5.18. The maximum atomic E-state index is 12.7. The molecule has 1 N–H and O–H groups in total. The molecule has 2 amide bonds. The molecule has 2 aliphatic heterocycles. The van der Waals surface area contributed by atoms with Crippen LogP contribution in [0.1, 0.15) is 53.7 Å². The first kappa shape index (κ1) is 26.9. The lowest BCUT2D eigenvalue weighted by molar-refractivity contribution is -0.274. The van der Waals surface area contributed by atoms with E-state index in [9.17, 15) is 22.8 Å². The number of rotatable bonds is 7.